The lowest BCUT2D eigenvalue weighted by Gasteiger charge is -2.26. The minimum atomic E-state index is -2.17. The molecule has 2 atom stereocenters. The first-order valence-corrected chi connectivity index (χ1v) is 3.76. The lowest BCUT2D eigenvalue weighted by Crippen LogP contribution is -2.46. The van der Waals surface area contributed by atoms with Gasteiger partial charge in [-0.1, -0.05) is 0 Å². The Labute approximate surface area is 58.8 Å². The fourth-order valence-electron chi connectivity index (χ4n) is 2.14. The highest BCUT2D eigenvalue weighted by molar-refractivity contribution is 5.04. The minimum absolute atomic E-state index is 0.536. The number of hydrogen-bond acceptors (Lipinski definition) is 1. The molecule has 0 aromatic carbocycles. The summed E-state index contributed by atoms with van der Waals surface area (Å²) in [5.41, 5.74) is -0.773. The second-order valence-electron chi connectivity index (χ2n) is 3.45. The summed E-state index contributed by atoms with van der Waals surface area (Å²) in [5.74, 6) is 0.536. The van der Waals surface area contributed by atoms with E-state index in [1.807, 2.05) is 0 Å². The second-order valence-corrected chi connectivity index (χ2v) is 3.45. The van der Waals surface area contributed by atoms with Crippen molar-refractivity contribution in [1.82, 2.24) is 5.32 Å². The Kier molecular flexibility index (Phi) is 1.24. The SMILES string of the molecule is FC(F)C12CCC(CN1)C2. The number of hydrogen-bond donors (Lipinski definition) is 1. The van der Waals surface area contributed by atoms with Gasteiger partial charge in [-0.25, -0.2) is 8.78 Å². The highest BCUT2D eigenvalue weighted by Crippen LogP contribution is 2.43. The molecule has 2 bridgehead atoms. The summed E-state index contributed by atoms with van der Waals surface area (Å²) < 4.78 is 24.7. The van der Waals surface area contributed by atoms with Crippen LogP contribution in [0.3, 0.4) is 0 Å². The predicted octanol–water partition coefficient (Wildman–Crippen LogP) is 1.39. The molecule has 2 aliphatic rings. The molecule has 1 N–H and O–H groups in total. The largest absolute Gasteiger partial charge is 0.306 e. The zero-order valence-corrected chi connectivity index (χ0v) is 5.74. The zero-order valence-electron chi connectivity index (χ0n) is 5.74. The Bertz CT molecular complexity index is 139. The van der Waals surface area contributed by atoms with Gasteiger partial charge in [0.2, 0.25) is 0 Å². The Balaban J connectivity index is 2.15. The van der Waals surface area contributed by atoms with Crippen LogP contribution in [0.5, 0.6) is 0 Å². The van der Waals surface area contributed by atoms with Crippen molar-refractivity contribution in [1.29, 1.82) is 0 Å². The molecule has 1 aliphatic carbocycles. The third kappa shape index (κ3) is 0.698. The quantitative estimate of drug-likeness (QED) is 0.591. The molecule has 0 aromatic heterocycles. The molecule has 2 fully saturated rings. The van der Waals surface area contributed by atoms with Crippen LogP contribution in [-0.2, 0) is 0 Å². The van der Waals surface area contributed by atoms with Crippen molar-refractivity contribution in [2.45, 2.75) is 31.2 Å². The molecule has 3 heteroatoms. The van der Waals surface area contributed by atoms with E-state index in [0.717, 1.165) is 13.0 Å². The Morgan fingerprint density at radius 2 is 2.30 bits per heavy atom. The van der Waals surface area contributed by atoms with Crippen molar-refractivity contribution >= 4 is 0 Å². The number of alkyl halides is 2. The average molecular weight is 147 g/mol. The van der Waals surface area contributed by atoms with Gasteiger partial charge in [0.15, 0.2) is 0 Å². The third-order valence-electron chi connectivity index (χ3n) is 2.81. The van der Waals surface area contributed by atoms with E-state index < -0.39 is 12.0 Å². The molecular weight excluding hydrogens is 136 g/mol. The molecule has 1 saturated carbocycles. The topological polar surface area (TPSA) is 12.0 Å². The molecule has 0 spiro atoms. The van der Waals surface area contributed by atoms with E-state index in [4.69, 9.17) is 0 Å². The average Bonchev–Trinajstić information content (AvgIpc) is 2.45. The van der Waals surface area contributed by atoms with Gasteiger partial charge in [0.25, 0.3) is 6.43 Å². The monoisotopic (exact) mass is 147 g/mol. The first-order valence-electron chi connectivity index (χ1n) is 3.76. The Hall–Kier alpha value is -0.180. The molecule has 0 aromatic rings. The van der Waals surface area contributed by atoms with Crippen molar-refractivity contribution in [2.75, 3.05) is 6.54 Å². The molecule has 0 amide bonds. The maximum Gasteiger partial charge on any atom is 0.256 e. The Morgan fingerprint density at radius 3 is 2.50 bits per heavy atom. The van der Waals surface area contributed by atoms with Crippen LogP contribution >= 0.6 is 0 Å². The van der Waals surface area contributed by atoms with E-state index >= 15 is 0 Å². The van der Waals surface area contributed by atoms with E-state index in [9.17, 15) is 8.78 Å². The number of rotatable bonds is 1. The highest BCUT2D eigenvalue weighted by atomic mass is 19.3. The molecule has 2 unspecified atom stereocenters. The van der Waals surface area contributed by atoms with E-state index in [0.29, 0.717) is 18.8 Å². The predicted molar refractivity (Wildman–Crippen MR) is 34.1 cm³/mol. The molecule has 2 rings (SSSR count). The number of fused-ring (bicyclic) bond motifs is 2. The molecular formula is C7H11F2N. The van der Waals surface area contributed by atoms with Gasteiger partial charge < -0.3 is 5.32 Å². The van der Waals surface area contributed by atoms with Crippen LogP contribution in [0.15, 0.2) is 0 Å². The smallest absolute Gasteiger partial charge is 0.256 e. The van der Waals surface area contributed by atoms with Gasteiger partial charge >= 0.3 is 0 Å². The summed E-state index contributed by atoms with van der Waals surface area (Å²) in [6, 6.07) is 0. The molecule has 10 heavy (non-hydrogen) atoms. The molecule has 1 nitrogen and oxygen atoms in total. The van der Waals surface area contributed by atoms with Crippen LogP contribution in [0, 0.1) is 5.92 Å². The van der Waals surface area contributed by atoms with E-state index in [1.165, 1.54) is 0 Å². The van der Waals surface area contributed by atoms with Crippen LogP contribution in [0.25, 0.3) is 0 Å². The van der Waals surface area contributed by atoms with E-state index in [2.05, 4.69) is 5.32 Å². The number of halogens is 2. The lowest BCUT2D eigenvalue weighted by atomic mass is 10.0. The third-order valence-corrected chi connectivity index (χ3v) is 2.81. The zero-order chi connectivity index (χ0) is 7.19. The van der Waals surface area contributed by atoms with Crippen molar-refractivity contribution in [3.63, 3.8) is 0 Å². The maximum atomic E-state index is 12.4. The summed E-state index contributed by atoms with van der Waals surface area (Å²) in [5, 5.41) is 2.92. The van der Waals surface area contributed by atoms with Crippen molar-refractivity contribution in [3.05, 3.63) is 0 Å². The van der Waals surface area contributed by atoms with Crippen LogP contribution < -0.4 is 5.32 Å². The van der Waals surface area contributed by atoms with Crippen LogP contribution in [0.1, 0.15) is 19.3 Å². The molecule has 1 heterocycles. The van der Waals surface area contributed by atoms with Crippen molar-refractivity contribution in [2.24, 2.45) is 5.92 Å². The first kappa shape index (κ1) is 6.53. The first-order chi connectivity index (χ1) is 4.73. The standard InChI is InChI=1S/C7H11F2N/c8-6(9)7-2-1-5(3-7)4-10-7/h5-6,10H,1-4H2. The van der Waals surface area contributed by atoms with Crippen molar-refractivity contribution < 1.29 is 8.78 Å². The summed E-state index contributed by atoms with van der Waals surface area (Å²) >= 11 is 0. The molecule has 0 radical (unpaired) electrons. The van der Waals surface area contributed by atoms with Gasteiger partial charge in [0.05, 0.1) is 5.54 Å². The van der Waals surface area contributed by atoms with E-state index in [1.54, 1.807) is 0 Å². The summed E-state index contributed by atoms with van der Waals surface area (Å²) in [6.07, 6.45) is 0.206. The van der Waals surface area contributed by atoms with Gasteiger partial charge in [-0.3, -0.25) is 0 Å². The van der Waals surface area contributed by atoms with Gasteiger partial charge in [0, 0.05) is 0 Å². The highest BCUT2D eigenvalue weighted by Gasteiger charge is 2.50. The summed E-state index contributed by atoms with van der Waals surface area (Å²) in [7, 11) is 0. The molecule has 1 saturated heterocycles. The number of piperidine rings is 1. The maximum absolute atomic E-state index is 12.4. The lowest BCUT2D eigenvalue weighted by molar-refractivity contribution is 0.0428. The van der Waals surface area contributed by atoms with Gasteiger partial charge in [0.1, 0.15) is 0 Å². The summed E-state index contributed by atoms with van der Waals surface area (Å²) in [6.45, 7) is 0.810. The van der Waals surface area contributed by atoms with Crippen LogP contribution in [0.2, 0.25) is 0 Å². The van der Waals surface area contributed by atoms with Crippen LogP contribution in [0.4, 0.5) is 8.78 Å². The Morgan fingerprint density at radius 1 is 1.50 bits per heavy atom. The van der Waals surface area contributed by atoms with Gasteiger partial charge in [-0.05, 0) is 31.7 Å². The minimum Gasteiger partial charge on any atom is -0.306 e. The number of nitrogens with one attached hydrogen (secondary N) is 1. The fourth-order valence-corrected chi connectivity index (χ4v) is 2.14. The normalized spacial score (nSPS) is 45.3. The molecule has 1 aliphatic heterocycles. The van der Waals surface area contributed by atoms with E-state index in [-0.39, 0.29) is 0 Å². The van der Waals surface area contributed by atoms with Crippen LogP contribution in [-0.4, -0.2) is 18.5 Å². The second kappa shape index (κ2) is 1.91. The molecule has 58 valence electrons. The van der Waals surface area contributed by atoms with Crippen molar-refractivity contribution in [3.8, 4) is 0 Å². The summed E-state index contributed by atoms with van der Waals surface area (Å²) in [4.78, 5) is 0. The van der Waals surface area contributed by atoms with Gasteiger partial charge in [-0.15, -0.1) is 0 Å². The van der Waals surface area contributed by atoms with Gasteiger partial charge in [-0.2, -0.15) is 0 Å². The fraction of sp³-hybridized carbons (Fsp3) is 1.00.